The molecule has 5 heteroatoms. The van der Waals surface area contributed by atoms with Gasteiger partial charge in [0.2, 0.25) is 0 Å². The first-order valence-electron chi connectivity index (χ1n) is 6.89. The lowest BCUT2D eigenvalue weighted by Crippen LogP contribution is -2.33. The number of H-pyrrole nitrogens is 1. The van der Waals surface area contributed by atoms with E-state index >= 15 is 0 Å². The van der Waals surface area contributed by atoms with Crippen molar-refractivity contribution in [3.63, 3.8) is 0 Å². The standard InChI is InChI=1S/C15H19N3O2/c1-18(9-11-3-2-6-20-11)15(19)13-8-17-14-7-10(16)4-5-12(13)14/h4-5,7-8,11,17H,2-3,6,9,16H2,1H3. The number of anilines is 1. The minimum Gasteiger partial charge on any atom is -0.399 e. The van der Waals surface area contributed by atoms with Gasteiger partial charge in [0.1, 0.15) is 0 Å². The number of nitrogens with zero attached hydrogens (tertiary/aromatic N) is 1. The zero-order chi connectivity index (χ0) is 14.1. The highest BCUT2D eigenvalue weighted by Crippen LogP contribution is 2.22. The molecule has 1 aromatic heterocycles. The van der Waals surface area contributed by atoms with Crippen LogP contribution in [0.25, 0.3) is 10.9 Å². The van der Waals surface area contributed by atoms with Crippen molar-refractivity contribution < 1.29 is 9.53 Å². The second-order valence-corrected chi connectivity index (χ2v) is 5.33. The third kappa shape index (κ3) is 2.36. The average Bonchev–Trinajstić information content (AvgIpc) is 3.06. The number of nitrogens with two attached hydrogens (primary N) is 1. The summed E-state index contributed by atoms with van der Waals surface area (Å²) in [6, 6.07) is 5.54. The lowest BCUT2D eigenvalue weighted by molar-refractivity contribution is 0.0588. The molecule has 1 atom stereocenters. The van der Waals surface area contributed by atoms with Crippen molar-refractivity contribution in [3.05, 3.63) is 30.0 Å². The molecule has 3 rings (SSSR count). The second kappa shape index (κ2) is 5.17. The van der Waals surface area contributed by atoms with Gasteiger partial charge in [0.05, 0.1) is 11.7 Å². The van der Waals surface area contributed by atoms with Gasteiger partial charge in [-0.2, -0.15) is 0 Å². The van der Waals surface area contributed by atoms with Gasteiger partial charge in [0.15, 0.2) is 0 Å². The Labute approximate surface area is 117 Å². The van der Waals surface area contributed by atoms with Gasteiger partial charge in [0.25, 0.3) is 5.91 Å². The molecule has 0 saturated carbocycles. The smallest absolute Gasteiger partial charge is 0.255 e. The minimum atomic E-state index is 0.0107. The third-order valence-electron chi connectivity index (χ3n) is 3.78. The normalized spacial score (nSPS) is 18.6. The molecule has 0 bridgehead atoms. The van der Waals surface area contributed by atoms with E-state index in [4.69, 9.17) is 10.5 Å². The molecular weight excluding hydrogens is 254 g/mol. The number of nitrogen functional groups attached to an aromatic ring is 1. The number of likely N-dealkylation sites (N-methyl/N-ethyl adjacent to an activating group) is 1. The molecular formula is C15H19N3O2. The Morgan fingerprint density at radius 1 is 1.55 bits per heavy atom. The highest BCUT2D eigenvalue weighted by atomic mass is 16.5. The van der Waals surface area contributed by atoms with Crippen molar-refractivity contribution in [3.8, 4) is 0 Å². The van der Waals surface area contributed by atoms with E-state index in [2.05, 4.69) is 4.98 Å². The Morgan fingerprint density at radius 3 is 3.15 bits per heavy atom. The van der Waals surface area contributed by atoms with Crippen molar-refractivity contribution in [1.82, 2.24) is 9.88 Å². The first-order chi connectivity index (χ1) is 9.65. The number of hydrogen-bond acceptors (Lipinski definition) is 3. The largest absolute Gasteiger partial charge is 0.399 e. The van der Waals surface area contributed by atoms with Gasteiger partial charge >= 0.3 is 0 Å². The van der Waals surface area contributed by atoms with Crippen molar-refractivity contribution in [2.75, 3.05) is 25.9 Å². The number of aromatic nitrogens is 1. The molecule has 106 valence electrons. The maximum Gasteiger partial charge on any atom is 0.255 e. The number of carbonyl (C=O) groups excluding carboxylic acids is 1. The predicted molar refractivity (Wildman–Crippen MR) is 78.6 cm³/mol. The van der Waals surface area contributed by atoms with Crippen LogP contribution in [0, 0.1) is 0 Å². The van der Waals surface area contributed by atoms with Gasteiger partial charge in [-0.15, -0.1) is 0 Å². The van der Waals surface area contributed by atoms with Crippen LogP contribution in [-0.2, 0) is 4.74 Å². The molecule has 0 aliphatic carbocycles. The number of ether oxygens (including phenoxy) is 1. The van der Waals surface area contributed by atoms with Crippen molar-refractivity contribution in [2.45, 2.75) is 18.9 Å². The first kappa shape index (κ1) is 13.0. The topological polar surface area (TPSA) is 71.3 Å². The highest BCUT2D eigenvalue weighted by molar-refractivity contribution is 6.07. The summed E-state index contributed by atoms with van der Waals surface area (Å²) >= 11 is 0. The lowest BCUT2D eigenvalue weighted by atomic mass is 10.1. The number of benzene rings is 1. The van der Waals surface area contributed by atoms with E-state index in [9.17, 15) is 4.79 Å². The molecule has 2 aromatic rings. The number of rotatable bonds is 3. The number of nitrogens with one attached hydrogen (secondary N) is 1. The molecule has 1 amide bonds. The lowest BCUT2D eigenvalue weighted by Gasteiger charge is -2.20. The summed E-state index contributed by atoms with van der Waals surface area (Å²) in [6.45, 7) is 1.44. The predicted octanol–water partition coefficient (Wildman–Crippen LogP) is 2.00. The van der Waals surface area contributed by atoms with Crippen LogP contribution in [0.4, 0.5) is 5.69 Å². The van der Waals surface area contributed by atoms with E-state index in [1.807, 2.05) is 25.2 Å². The molecule has 1 saturated heterocycles. The highest BCUT2D eigenvalue weighted by Gasteiger charge is 2.22. The van der Waals surface area contributed by atoms with Crippen LogP contribution in [0.2, 0.25) is 0 Å². The maximum absolute atomic E-state index is 12.5. The van der Waals surface area contributed by atoms with Crippen LogP contribution in [0.3, 0.4) is 0 Å². The van der Waals surface area contributed by atoms with Gasteiger partial charge in [-0.1, -0.05) is 0 Å². The molecule has 3 N–H and O–H groups in total. The number of aromatic amines is 1. The van der Waals surface area contributed by atoms with Gasteiger partial charge in [-0.3, -0.25) is 4.79 Å². The molecule has 1 aliphatic rings. The Morgan fingerprint density at radius 2 is 2.40 bits per heavy atom. The van der Waals surface area contributed by atoms with Crippen molar-refractivity contribution in [2.24, 2.45) is 0 Å². The van der Waals surface area contributed by atoms with Crippen LogP contribution in [0.1, 0.15) is 23.2 Å². The van der Waals surface area contributed by atoms with Crippen molar-refractivity contribution in [1.29, 1.82) is 0 Å². The number of hydrogen-bond donors (Lipinski definition) is 2. The van der Waals surface area contributed by atoms with Gasteiger partial charge in [-0.05, 0) is 31.0 Å². The molecule has 1 aliphatic heterocycles. The van der Waals surface area contributed by atoms with Crippen LogP contribution in [0.15, 0.2) is 24.4 Å². The zero-order valence-electron chi connectivity index (χ0n) is 11.6. The zero-order valence-corrected chi connectivity index (χ0v) is 11.6. The first-order valence-corrected chi connectivity index (χ1v) is 6.89. The van der Waals surface area contributed by atoms with Gasteiger partial charge in [0, 0.05) is 43.0 Å². The Kier molecular flexibility index (Phi) is 3.36. The van der Waals surface area contributed by atoms with E-state index in [1.54, 1.807) is 11.1 Å². The SMILES string of the molecule is CN(CC1CCCO1)C(=O)c1c[nH]c2cc(N)ccc12. The molecule has 1 unspecified atom stereocenters. The summed E-state index contributed by atoms with van der Waals surface area (Å²) in [7, 11) is 1.82. The molecule has 1 fully saturated rings. The van der Waals surface area contributed by atoms with E-state index in [-0.39, 0.29) is 12.0 Å². The monoisotopic (exact) mass is 273 g/mol. The molecule has 20 heavy (non-hydrogen) atoms. The maximum atomic E-state index is 12.5. The number of fused-ring (bicyclic) bond motifs is 1. The van der Waals surface area contributed by atoms with Gasteiger partial charge < -0.3 is 20.4 Å². The molecule has 5 nitrogen and oxygen atoms in total. The fourth-order valence-corrected chi connectivity index (χ4v) is 2.70. The molecule has 0 spiro atoms. The molecule has 2 heterocycles. The van der Waals surface area contributed by atoms with E-state index in [0.717, 1.165) is 30.4 Å². The summed E-state index contributed by atoms with van der Waals surface area (Å²) in [4.78, 5) is 17.3. The van der Waals surface area contributed by atoms with Crippen LogP contribution in [-0.4, -0.2) is 42.1 Å². The summed E-state index contributed by atoms with van der Waals surface area (Å²) in [5, 5.41) is 0.906. The quantitative estimate of drug-likeness (QED) is 0.840. The van der Waals surface area contributed by atoms with Crippen LogP contribution < -0.4 is 5.73 Å². The summed E-state index contributed by atoms with van der Waals surface area (Å²) in [5.41, 5.74) is 8.00. The van der Waals surface area contributed by atoms with E-state index in [0.29, 0.717) is 17.8 Å². The summed E-state index contributed by atoms with van der Waals surface area (Å²) in [5.74, 6) is 0.0107. The minimum absolute atomic E-state index is 0.0107. The Bertz CT molecular complexity index is 629. The number of carbonyl (C=O) groups is 1. The fraction of sp³-hybridized carbons (Fsp3) is 0.400. The second-order valence-electron chi connectivity index (χ2n) is 5.33. The van der Waals surface area contributed by atoms with E-state index in [1.165, 1.54) is 0 Å². The molecule has 0 radical (unpaired) electrons. The summed E-state index contributed by atoms with van der Waals surface area (Å²) < 4.78 is 5.58. The summed E-state index contributed by atoms with van der Waals surface area (Å²) in [6.07, 6.45) is 4.03. The van der Waals surface area contributed by atoms with E-state index < -0.39 is 0 Å². The van der Waals surface area contributed by atoms with Crippen LogP contribution in [0.5, 0.6) is 0 Å². The Hall–Kier alpha value is -2.01. The fourth-order valence-electron chi connectivity index (χ4n) is 2.70. The van der Waals surface area contributed by atoms with Crippen molar-refractivity contribution >= 4 is 22.5 Å². The Balaban J connectivity index is 1.80. The van der Waals surface area contributed by atoms with Gasteiger partial charge in [-0.25, -0.2) is 0 Å². The average molecular weight is 273 g/mol. The number of amides is 1. The molecule has 1 aromatic carbocycles. The van der Waals surface area contributed by atoms with Crippen LogP contribution >= 0.6 is 0 Å². The third-order valence-corrected chi connectivity index (χ3v) is 3.78.